The molecule has 1 atom stereocenters. The Labute approximate surface area is 76.4 Å². The molecule has 68 valence electrons. The zero-order valence-electron chi connectivity index (χ0n) is 8.56. The molecular formula is C12H20. The summed E-state index contributed by atoms with van der Waals surface area (Å²) in [4.78, 5) is 0. The highest BCUT2D eigenvalue weighted by Gasteiger charge is 2.18. The van der Waals surface area contributed by atoms with E-state index in [9.17, 15) is 0 Å². The van der Waals surface area contributed by atoms with Crippen LogP contribution in [0.25, 0.3) is 0 Å². The van der Waals surface area contributed by atoms with Gasteiger partial charge in [0.1, 0.15) is 0 Å². The van der Waals surface area contributed by atoms with E-state index in [-0.39, 0.29) is 0 Å². The molecule has 0 heteroatoms. The molecule has 0 spiro atoms. The predicted molar refractivity (Wildman–Crippen MR) is 55.1 cm³/mol. The van der Waals surface area contributed by atoms with Crippen LogP contribution in [0.3, 0.4) is 0 Å². The van der Waals surface area contributed by atoms with Crippen LogP contribution in [-0.2, 0) is 0 Å². The van der Waals surface area contributed by atoms with Gasteiger partial charge >= 0.3 is 0 Å². The van der Waals surface area contributed by atoms with Gasteiger partial charge in [0.2, 0.25) is 0 Å². The van der Waals surface area contributed by atoms with Gasteiger partial charge in [0.15, 0.2) is 0 Å². The van der Waals surface area contributed by atoms with Gasteiger partial charge in [-0.2, -0.15) is 0 Å². The lowest BCUT2D eigenvalue weighted by Crippen LogP contribution is -1.99. The lowest BCUT2D eigenvalue weighted by atomic mass is 9.90. The Bertz CT molecular complexity index is 196. The first kappa shape index (κ1) is 9.57. The third kappa shape index (κ3) is 1.80. The molecule has 0 saturated carbocycles. The first-order valence-corrected chi connectivity index (χ1v) is 5.28. The third-order valence-electron chi connectivity index (χ3n) is 2.69. The van der Waals surface area contributed by atoms with Gasteiger partial charge in [0, 0.05) is 0 Å². The van der Waals surface area contributed by atoms with Crippen molar-refractivity contribution >= 4 is 0 Å². The fourth-order valence-electron chi connectivity index (χ4n) is 2.04. The highest BCUT2D eigenvalue weighted by Crippen LogP contribution is 2.35. The smallest absolute Gasteiger partial charge is 0.00426 e. The van der Waals surface area contributed by atoms with Crippen molar-refractivity contribution < 1.29 is 0 Å². The standard InChI is InChI=1S/C10H14.C2H6/c1-8-6-7-9-4-2-3-5-10(8)9;1-2/h6-8H,2-5H2,1H3;1-2H3. The van der Waals surface area contributed by atoms with E-state index >= 15 is 0 Å². The molecule has 0 amide bonds. The Morgan fingerprint density at radius 1 is 1.17 bits per heavy atom. The monoisotopic (exact) mass is 164 g/mol. The summed E-state index contributed by atoms with van der Waals surface area (Å²) in [6.07, 6.45) is 10.2. The summed E-state index contributed by atoms with van der Waals surface area (Å²) < 4.78 is 0. The van der Waals surface area contributed by atoms with E-state index < -0.39 is 0 Å². The van der Waals surface area contributed by atoms with Crippen LogP contribution < -0.4 is 0 Å². The van der Waals surface area contributed by atoms with Crippen LogP contribution in [0.1, 0.15) is 46.5 Å². The number of allylic oxidation sites excluding steroid dienone is 4. The number of hydrogen-bond acceptors (Lipinski definition) is 0. The molecule has 0 heterocycles. The van der Waals surface area contributed by atoms with Crippen molar-refractivity contribution in [2.45, 2.75) is 46.5 Å². The van der Waals surface area contributed by atoms with E-state index in [1.165, 1.54) is 25.7 Å². The summed E-state index contributed by atoms with van der Waals surface area (Å²) in [5.74, 6) is 0.760. The molecule has 0 radical (unpaired) electrons. The van der Waals surface area contributed by atoms with Gasteiger partial charge in [-0.05, 0) is 37.2 Å². The zero-order chi connectivity index (χ0) is 8.97. The van der Waals surface area contributed by atoms with Gasteiger partial charge in [-0.15, -0.1) is 0 Å². The van der Waals surface area contributed by atoms with Crippen LogP contribution in [0.15, 0.2) is 23.3 Å². The quantitative estimate of drug-likeness (QED) is 0.506. The SMILES string of the molecule is CC.CC1C=CC2=C1CCCC2. The van der Waals surface area contributed by atoms with Gasteiger partial charge < -0.3 is 0 Å². The lowest BCUT2D eigenvalue weighted by molar-refractivity contribution is 0.645. The van der Waals surface area contributed by atoms with Gasteiger partial charge in [0.05, 0.1) is 0 Å². The Morgan fingerprint density at radius 2 is 1.83 bits per heavy atom. The van der Waals surface area contributed by atoms with Crippen molar-refractivity contribution in [1.29, 1.82) is 0 Å². The summed E-state index contributed by atoms with van der Waals surface area (Å²) in [6, 6.07) is 0. The molecule has 1 unspecified atom stereocenters. The van der Waals surface area contributed by atoms with Gasteiger partial charge in [-0.1, -0.05) is 38.5 Å². The van der Waals surface area contributed by atoms with Crippen LogP contribution in [0.4, 0.5) is 0 Å². The lowest BCUT2D eigenvalue weighted by Gasteiger charge is -2.16. The molecule has 2 rings (SSSR count). The Morgan fingerprint density at radius 3 is 2.50 bits per heavy atom. The topological polar surface area (TPSA) is 0 Å². The fraction of sp³-hybridized carbons (Fsp3) is 0.667. The molecule has 12 heavy (non-hydrogen) atoms. The minimum Gasteiger partial charge on any atom is -0.0773 e. The molecule has 0 saturated heterocycles. The Kier molecular flexibility index (Phi) is 3.58. The molecule has 0 aliphatic heterocycles. The summed E-state index contributed by atoms with van der Waals surface area (Å²) in [6.45, 7) is 6.31. The molecule has 0 aromatic carbocycles. The second-order valence-corrected chi connectivity index (χ2v) is 3.41. The molecule has 0 bridgehead atoms. The van der Waals surface area contributed by atoms with Crippen molar-refractivity contribution in [3.8, 4) is 0 Å². The van der Waals surface area contributed by atoms with Crippen molar-refractivity contribution in [2.75, 3.05) is 0 Å². The maximum Gasteiger partial charge on any atom is -0.00426 e. The van der Waals surface area contributed by atoms with Crippen molar-refractivity contribution in [2.24, 2.45) is 5.92 Å². The Hall–Kier alpha value is -0.520. The minimum atomic E-state index is 0.760. The summed E-state index contributed by atoms with van der Waals surface area (Å²) >= 11 is 0. The normalized spacial score (nSPS) is 26.4. The highest BCUT2D eigenvalue weighted by molar-refractivity contribution is 5.37. The van der Waals surface area contributed by atoms with Crippen LogP contribution in [-0.4, -0.2) is 0 Å². The van der Waals surface area contributed by atoms with E-state index in [1.54, 1.807) is 11.1 Å². The molecule has 0 aromatic rings. The van der Waals surface area contributed by atoms with Crippen LogP contribution in [0.5, 0.6) is 0 Å². The van der Waals surface area contributed by atoms with Crippen molar-refractivity contribution in [3.05, 3.63) is 23.3 Å². The van der Waals surface area contributed by atoms with Gasteiger partial charge in [-0.3, -0.25) is 0 Å². The average molecular weight is 164 g/mol. The molecular weight excluding hydrogens is 144 g/mol. The van der Waals surface area contributed by atoms with Crippen LogP contribution >= 0.6 is 0 Å². The van der Waals surface area contributed by atoms with Gasteiger partial charge in [-0.25, -0.2) is 0 Å². The molecule has 2 aliphatic carbocycles. The van der Waals surface area contributed by atoms with E-state index in [0.717, 1.165) is 5.92 Å². The maximum atomic E-state index is 2.34. The van der Waals surface area contributed by atoms with Crippen LogP contribution in [0.2, 0.25) is 0 Å². The largest absolute Gasteiger partial charge is 0.0773 e. The molecule has 2 aliphatic rings. The van der Waals surface area contributed by atoms with Gasteiger partial charge in [0.25, 0.3) is 0 Å². The minimum absolute atomic E-state index is 0.760. The summed E-state index contributed by atoms with van der Waals surface area (Å²) in [5, 5.41) is 0. The first-order chi connectivity index (χ1) is 5.88. The fourth-order valence-corrected chi connectivity index (χ4v) is 2.04. The van der Waals surface area contributed by atoms with Crippen molar-refractivity contribution in [3.63, 3.8) is 0 Å². The number of hydrogen-bond donors (Lipinski definition) is 0. The second kappa shape index (κ2) is 4.49. The van der Waals surface area contributed by atoms with E-state index in [0.29, 0.717) is 0 Å². The maximum absolute atomic E-state index is 2.34. The average Bonchev–Trinajstić information content (AvgIpc) is 2.53. The number of rotatable bonds is 0. The van der Waals surface area contributed by atoms with E-state index in [1.807, 2.05) is 13.8 Å². The van der Waals surface area contributed by atoms with Crippen molar-refractivity contribution in [1.82, 2.24) is 0 Å². The third-order valence-corrected chi connectivity index (χ3v) is 2.69. The Balaban J connectivity index is 0.000000336. The van der Waals surface area contributed by atoms with E-state index in [2.05, 4.69) is 19.1 Å². The molecule has 0 nitrogen and oxygen atoms in total. The second-order valence-electron chi connectivity index (χ2n) is 3.41. The highest BCUT2D eigenvalue weighted by atomic mass is 14.2. The summed E-state index contributed by atoms with van der Waals surface area (Å²) in [7, 11) is 0. The zero-order valence-corrected chi connectivity index (χ0v) is 8.56. The molecule has 0 N–H and O–H groups in total. The molecule has 0 aromatic heterocycles. The first-order valence-electron chi connectivity index (χ1n) is 5.28. The van der Waals surface area contributed by atoms with E-state index in [4.69, 9.17) is 0 Å². The molecule has 0 fully saturated rings. The van der Waals surface area contributed by atoms with Crippen LogP contribution in [0, 0.1) is 5.92 Å². The summed E-state index contributed by atoms with van der Waals surface area (Å²) in [5.41, 5.74) is 3.38. The predicted octanol–water partition coefficient (Wildman–Crippen LogP) is 4.09.